The minimum absolute atomic E-state index is 0.126. The van der Waals surface area contributed by atoms with E-state index in [2.05, 4.69) is 5.32 Å². The van der Waals surface area contributed by atoms with Crippen molar-refractivity contribution in [3.63, 3.8) is 0 Å². The first-order chi connectivity index (χ1) is 14.0. The smallest absolute Gasteiger partial charge is 0.313 e. The van der Waals surface area contributed by atoms with Gasteiger partial charge in [-0.05, 0) is 42.7 Å². The first-order valence-corrected chi connectivity index (χ1v) is 10.6. The molecule has 7 heteroatoms. The molecule has 0 spiro atoms. The van der Waals surface area contributed by atoms with Gasteiger partial charge >= 0.3 is 5.24 Å². The Balaban J connectivity index is 1.40. The molecule has 0 saturated carbocycles. The van der Waals surface area contributed by atoms with Gasteiger partial charge in [0, 0.05) is 12.6 Å². The fourth-order valence-electron chi connectivity index (χ4n) is 3.06. The monoisotopic (exact) mass is 414 g/mol. The zero-order chi connectivity index (χ0) is 20.6. The Morgan fingerprint density at radius 3 is 2.34 bits per heavy atom. The van der Waals surface area contributed by atoms with Gasteiger partial charge in [0.2, 0.25) is 0 Å². The van der Waals surface area contributed by atoms with Gasteiger partial charge in [0.1, 0.15) is 0 Å². The largest absolute Gasteiger partial charge is 0.391 e. The van der Waals surface area contributed by atoms with Crippen LogP contribution < -0.4 is 5.32 Å². The molecule has 0 aliphatic carbocycles. The second-order valence-electron chi connectivity index (χ2n) is 7.14. The highest BCUT2D eigenvalue weighted by atomic mass is 32.2. The number of thioether (sulfide) groups is 1. The van der Waals surface area contributed by atoms with Gasteiger partial charge in [0.05, 0.1) is 18.0 Å². The highest BCUT2D eigenvalue weighted by Crippen LogP contribution is 2.29. The molecule has 1 saturated heterocycles. The summed E-state index contributed by atoms with van der Waals surface area (Å²) in [5.74, 6) is -0.319. The lowest BCUT2D eigenvalue weighted by molar-refractivity contribution is -0.165. The number of nitrogens with one attached hydrogen (secondary N) is 1. The SMILES string of the molecule is CC(CON1C(=O)SC(Cc2ccccc2)C1=O)NCC(O)Cc1ccccc1. The number of hydrogen-bond acceptors (Lipinski definition) is 6. The van der Waals surface area contributed by atoms with Gasteiger partial charge in [0.15, 0.2) is 0 Å². The predicted molar refractivity (Wildman–Crippen MR) is 113 cm³/mol. The summed E-state index contributed by atoms with van der Waals surface area (Å²) >= 11 is 1.000. The molecule has 3 atom stereocenters. The third-order valence-electron chi connectivity index (χ3n) is 4.62. The zero-order valence-electron chi connectivity index (χ0n) is 16.4. The standard InChI is InChI=1S/C22H26N2O4S/c1-16(23-14-19(25)12-17-8-4-2-5-9-17)15-28-24-21(26)20(29-22(24)27)13-18-10-6-3-7-11-18/h2-11,16,19-20,23,25H,12-15H2,1H3. The Kier molecular flexibility index (Phi) is 7.83. The van der Waals surface area contributed by atoms with Crippen molar-refractivity contribution in [1.82, 2.24) is 10.4 Å². The van der Waals surface area contributed by atoms with Crippen LogP contribution in [0.2, 0.25) is 0 Å². The number of hydroxylamine groups is 2. The van der Waals surface area contributed by atoms with Crippen LogP contribution in [0.5, 0.6) is 0 Å². The van der Waals surface area contributed by atoms with Gasteiger partial charge in [-0.2, -0.15) is 0 Å². The number of nitrogens with zero attached hydrogens (tertiary/aromatic N) is 1. The first kappa shape index (κ1) is 21.5. The lowest BCUT2D eigenvalue weighted by Crippen LogP contribution is -2.41. The molecule has 0 bridgehead atoms. The van der Waals surface area contributed by atoms with Gasteiger partial charge in [0.25, 0.3) is 5.91 Å². The van der Waals surface area contributed by atoms with E-state index in [-0.39, 0.29) is 23.8 Å². The van der Waals surface area contributed by atoms with E-state index in [0.717, 1.165) is 28.0 Å². The number of carbonyl (C=O) groups excluding carboxylic acids is 2. The van der Waals surface area contributed by atoms with E-state index < -0.39 is 11.4 Å². The van der Waals surface area contributed by atoms with E-state index in [1.807, 2.05) is 67.6 Å². The lowest BCUT2D eigenvalue weighted by Gasteiger charge is -2.20. The van der Waals surface area contributed by atoms with E-state index in [1.165, 1.54) is 0 Å². The quantitative estimate of drug-likeness (QED) is 0.622. The summed E-state index contributed by atoms with van der Waals surface area (Å²) in [6, 6.07) is 19.3. The summed E-state index contributed by atoms with van der Waals surface area (Å²) in [6.07, 6.45) is 0.526. The number of rotatable bonds is 10. The molecule has 2 aromatic rings. The molecule has 1 heterocycles. The summed E-state index contributed by atoms with van der Waals surface area (Å²) in [4.78, 5) is 30.1. The Hall–Kier alpha value is -2.19. The van der Waals surface area contributed by atoms with E-state index in [0.29, 0.717) is 19.4 Å². The Labute approximate surface area is 175 Å². The average molecular weight is 415 g/mol. The van der Waals surface area contributed by atoms with Crippen molar-refractivity contribution in [1.29, 1.82) is 0 Å². The Bertz CT molecular complexity index is 803. The van der Waals surface area contributed by atoms with Crippen molar-refractivity contribution in [2.45, 2.75) is 37.2 Å². The molecule has 154 valence electrons. The highest BCUT2D eigenvalue weighted by Gasteiger charge is 2.41. The summed E-state index contributed by atoms with van der Waals surface area (Å²) in [7, 11) is 0. The third-order valence-corrected chi connectivity index (χ3v) is 5.64. The number of amides is 2. The molecule has 1 fully saturated rings. The van der Waals surface area contributed by atoms with E-state index in [1.54, 1.807) is 0 Å². The predicted octanol–water partition coefficient (Wildman–Crippen LogP) is 2.81. The Morgan fingerprint density at radius 1 is 1.07 bits per heavy atom. The van der Waals surface area contributed by atoms with Crippen LogP contribution in [0, 0.1) is 0 Å². The molecule has 0 radical (unpaired) electrons. The van der Waals surface area contributed by atoms with Crippen LogP contribution in [0.4, 0.5) is 4.79 Å². The topological polar surface area (TPSA) is 78.9 Å². The van der Waals surface area contributed by atoms with Gasteiger partial charge in [-0.25, -0.2) is 0 Å². The van der Waals surface area contributed by atoms with Gasteiger partial charge in [-0.1, -0.05) is 60.7 Å². The zero-order valence-corrected chi connectivity index (χ0v) is 17.2. The van der Waals surface area contributed by atoms with E-state index >= 15 is 0 Å². The minimum atomic E-state index is -0.527. The number of benzene rings is 2. The highest BCUT2D eigenvalue weighted by molar-refractivity contribution is 8.15. The molecular formula is C22H26N2O4S. The van der Waals surface area contributed by atoms with E-state index in [9.17, 15) is 14.7 Å². The molecule has 3 rings (SSSR count). The second kappa shape index (κ2) is 10.5. The van der Waals surface area contributed by atoms with Gasteiger partial charge in [-0.15, -0.1) is 5.06 Å². The molecule has 2 amide bonds. The molecule has 1 aliphatic heterocycles. The minimum Gasteiger partial charge on any atom is -0.391 e. The summed E-state index contributed by atoms with van der Waals surface area (Å²) in [5, 5.41) is 13.4. The molecule has 3 unspecified atom stereocenters. The molecular weight excluding hydrogens is 388 g/mol. The summed E-state index contributed by atoms with van der Waals surface area (Å²) in [5.41, 5.74) is 2.08. The van der Waals surface area contributed by atoms with Crippen LogP contribution in [-0.4, -0.2) is 51.9 Å². The van der Waals surface area contributed by atoms with Crippen molar-refractivity contribution >= 4 is 22.9 Å². The Morgan fingerprint density at radius 2 is 1.69 bits per heavy atom. The second-order valence-corrected chi connectivity index (χ2v) is 8.30. The van der Waals surface area contributed by atoms with Crippen LogP contribution in [0.3, 0.4) is 0 Å². The number of aliphatic hydroxyl groups excluding tert-OH is 1. The van der Waals surface area contributed by atoms with Crippen LogP contribution in [0.15, 0.2) is 60.7 Å². The van der Waals surface area contributed by atoms with Gasteiger partial charge < -0.3 is 10.4 Å². The van der Waals surface area contributed by atoms with Crippen molar-refractivity contribution in [2.75, 3.05) is 13.2 Å². The van der Waals surface area contributed by atoms with E-state index in [4.69, 9.17) is 4.84 Å². The summed E-state index contributed by atoms with van der Waals surface area (Å²) in [6.45, 7) is 2.44. The number of hydrogen-bond donors (Lipinski definition) is 2. The maximum absolute atomic E-state index is 12.5. The number of imide groups is 1. The lowest BCUT2D eigenvalue weighted by atomic mass is 10.1. The first-order valence-electron chi connectivity index (χ1n) is 9.69. The summed E-state index contributed by atoms with van der Waals surface area (Å²) < 4.78 is 0. The third kappa shape index (κ3) is 6.40. The van der Waals surface area contributed by atoms with Crippen molar-refractivity contribution in [3.8, 4) is 0 Å². The molecule has 2 N–H and O–H groups in total. The van der Waals surface area contributed by atoms with Crippen molar-refractivity contribution in [2.24, 2.45) is 0 Å². The normalized spacial score (nSPS) is 18.8. The average Bonchev–Trinajstić information content (AvgIpc) is 2.99. The maximum Gasteiger partial charge on any atom is 0.313 e. The fraction of sp³-hybridized carbons (Fsp3) is 0.364. The van der Waals surface area contributed by atoms with Crippen molar-refractivity contribution < 1.29 is 19.5 Å². The van der Waals surface area contributed by atoms with Crippen LogP contribution in [0.25, 0.3) is 0 Å². The molecule has 2 aromatic carbocycles. The maximum atomic E-state index is 12.5. The molecule has 6 nitrogen and oxygen atoms in total. The number of aliphatic hydroxyl groups is 1. The van der Waals surface area contributed by atoms with Gasteiger partial charge in [-0.3, -0.25) is 14.4 Å². The fourth-order valence-corrected chi connectivity index (χ4v) is 4.01. The molecule has 29 heavy (non-hydrogen) atoms. The van der Waals surface area contributed by atoms with Crippen molar-refractivity contribution in [3.05, 3.63) is 71.8 Å². The van der Waals surface area contributed by atoms with Crippen LogP contribution in [0.1, 0.15) is 18.1 Å². The van der Waals surface area contributed by atoms with Crippen LogP contribution >= 0.6 is 11.8 Å². The number of carbonyl (C=O) groups is 2. The molecule has 0 aromatic heterocycles. The van der Waals surface area contributed by atoms with Crippen LogP contribution in [-0.2, 0) is 22.5 Å². The molecule has 1 aliphatic rings.